The Labute approximate surface area is 236 Å². The van der Waals surface area contributed by atoms with Gasteiger partial charge in [0, 0.05) is 17.7 Å². The van der Waals surface area contributed by atoms with Crippen LogP contribution >= 0.6 is 0 Å². The number of anilines is 1. The number of ether oxygens (including phenoxy) is 2. The number of nitrogens with two attached hydrogens (primary N) is 1. The second-order valence-corrected chi connectivity index (χ2v) is 9.06. The zero-order valence-corrected chi connectivity index (χ0v) is 24.2. The molecule has 0 aliphatic carbocycles. The van der Waals surface area contributed by atoms with Gasteiger partial charge in [0.15, 0.2) is 0 Å². The largest absolute Gasteiger partial charge is 0.458 e. The number of benzene rings is 3. The molecule has 9 heteroatoms. The van der Waals surface area contributed by atoms with Crippen LogP contribution in [0.5, 0.6) is 5.75 Å². The first-order chi connectivity index (χ1) is 19.0. The summed E-state index contributed by atoms with van der Waals surface area (Å²) in [5.74, 6) is -1.31. The smallest absolute Gasteiger partial charge is 0.343 e. The van der Waals surface area contributed by atoms with E-state index in [2.05, 4.69) is 10.5 Å². The summed E-state index contributed by atoms with van der Waals surface area (Å²) in [6.45, 7) is 13.2. The molecule has 0 fully saturated rings. The number of nitroso groups, excluding NO2 is 1. The minimum atomic E-state index is -0.951. The summed E-state index contributed by atoms with van der Waals surface area (Å²) in [6.07, 6.45) is 0.157. The van der Waals surface area contributed by atoms with Crippen molar-refractivity contribution in [3.8, 4) is 5.75 Å². The van der Waals surface area contributed by atoms with Crippen molar-refractivity contribution in [1.82, 2.24) is 5.32 Å². The molecule has 0 saturated heterocycles. The monoisotopic (exact) mass is 549 g/mol. The molecular formula is C31H39N3O6. The average Bonchev–Trinajstić information content (AvgIpc) is 2.95. The van der Waals surface area contributed by atoms with E-state index in [1.165, 1.54) is 24.3 Å². The molecule has 0 aliphatic rings. The van der Waals surface area contributed by atoms with E-state index in [1.807, 2.05) is 27.7 Å². The van der Waals surface area contributed by atoms with Crippen molar-refractivity contribution in [2.45, 2.75) is 66.5 Å². The molecule has 214 valence electrons. The Morgan fingerprint density at radius 3 is 1.85 bits per heavy atom. The molecule has 1 unspecified atom stereocenters. The summed E-state index contributed by atoms with van der Waals surface area (Å²) >= 11 is 0. The quantitative estimate of drug-likeness (QED) is 0.139. The molecule has 0 saturated carbocycles. The summed E-state index contributed by atoms with van der Waals surface area (Å²) in [7, 11) is 0. The molecule has 40 heavy (non-hydrogen) atoms. The van der Waals surface area contributed by atoms with Crippen molar-refractivity contribution < 1.29 is 23.9 Å². The highest BCUT2D eigenvalue weighted by Gasteiger charge is 2.27. The summed E-state index contributed by atoms with van der Waals surface area (Å²) in [5, 5.41) is 5.52. The van der Waals surface area contributed by atoms with Crippen LogP contribution in [-0.4, -0.2) is 29.5 Å². The number of nitrogen functional groups attached to an aromatic ring is 1. The summed E-state index contributed by atoms with van der Waals surface area (Å²) in [4.78, 5) is 48.4. The Morgan fingerprint density at radius 2 is 1.35 bits per heavy atom. The molecule has 1 amide bonds. The van der Waals surface area contributed by atoms with Crippen LogP contribution in [0.3, 0.4) is 0 Å². The molecule has 9 nitrogen and oxygen atoms in total. The van der Waals surface area contributed by atoms with E-state index in [4.69, 9.17) is 15.2 Å². The van der Waals surface area contributed by atoms with E-state index in [9.17, 15) is 19.3 Å². The van der Waals surface area contributed by atoms with Gasteiger partial charge < -0.3 is 20.5 Å². The maximum absolute atomic E-state index is 12.8. The van der Waals surface area contributed by atoms with Gasteiger partial charge in [-0.05, 0) is 92.2 Å². The Kier molecular flexibility index (Phi) is 13.8. The third-order valence-electron chi connectivity index (χ3n) is 4.95. The number of amides is 1. The second-order valence-electron chi connectivity index (χ2n) is 9.06. The third kappa shape index (κ3) is 11.1. The second kappa shape index (κ2) is 16.4. The van der Waals surface area contributed by atoms with Crippen LogP contribution in [0.25, 0.3) is 0 Å². The standard InChI is InChI=1S/C27H27N3O6.2C2H6/c1-27(2,3)36-26(33)23(29-24(31)18-6-10-20(28)11-7-18)16-17-4-14-22(15-5-17)35-25(32)19-8-12-21(30-34)13-9-19;2*1-2/h4-15,23H,16,28H2,1-3H3,(H,29,31);2*1-2H3. The molecule has 0 aromatic heterocycles. The zero-order chi connectivity index (χ0) is 30.3. The number of esters is 2. The average molecular weight is 550 g/mol. The van der Waals surface area contributed by atoms with Crippen molar-refractivity contribution in [1.29, 1.82) is 0 Å². The van der Waals surface area contributed by atoms with Gasteiger partial charge in [-0.15, -0.1) is 4.91 Å². The lowest BCUT2D eigenvalue weighted by atomic mass is 10.0. The van der Waals surface area contributed by atoms with Crippen molar-refractivity contribution in [2.75, 3.05) is 5.73 Å². The Bertz CT molecular complexity index is 1230. The van der Waals surface area contributed by atoms with Crippen LogP contribution in [0.15, 0.2) is 78.0 Å². The van der Waals surface area contributed by atoms with E-state index >= 15 is 0 Å². The molecule has 0 spiro atoms. The maximum Gasteiger partial charge on any atom is 0.343 e. The molecule has 0 heterocycles. The first-order valence-corrected chi connectivity index (χ1v) is 13.2. The van der Waals surface area contributed by atoms with Gasteiger partial charge in [0.2, 0.25) is 0 Å². The van der Waals surface area contributed by atoms with Gasteiger partial charge >= 0.3 is 11.9 Å². The lowest BCUT2D eigenvalue weighted by molar-refractivity contribution is -0.157. The number of rotatable bonds is 8. The fraction of sp³-hybridized carbons (Fsp3) is 0.323. The van der Waals surface area contributed by atoms with Gasteiger partial charge in [0.05, 0.1) is 5.56 Å². The SMILES string of the molecule is CC.CC.CC(C)(C)OC(=O)C(Cc1ccc(OC(=O)c2ccc(N=O)cc2)cc1)NC(=O)c1ccc(N)cc1. The van der Waals surface area contributed by atoms with E-state index in [0.717, 1.165) is 0 Å². The van der Waals surface area contributed by atoms with Gasteiger partial charge in [-0.1, -0.05) is 39.8 Å². The summed E-state index contributed by atoms with van der Waals surface area (Å²) in [6, 6.07) is 17.7. The highest BCUT2D eigenvalue weighted by molar-refractivity contribution is 5.97. The normalized spacial score (nSPS) is 10.9. The number of carbonyl (C=O) groups is 3. The van der Waals surface area contributed by atoms with Crippen molar-refractivity contribution in [3.63, 3.8) is 0 Å². The zero-order valence-electron chi connectivity index (χ0n) is 24.2. The Morgan fingerprint density at radius 1 is 0.825 bits per heavy atom. The first-order valence-electron chi connectivity index (χ1n) is 13.2. The fourth-order valence-electron chi connectivity index (χ4n) is 3.20. The molecule has 0 bridgehead atoms. The van der Waals surface area contributed by atoms with Crippen molar-refractivity contribution in [3.05, 3.63) is 94.4 Å². The van der Waals surface area contributed by atoms with Crippen molar-refractivity contribution >= 4 is 29.2 Å². The molecule has 0 radical (unpaired) electrons. The minimum absolute atomic E-state index is 0.157. The molecule has 3 aromatic rings. The molecule has 3 aromatic carbocycles. The number of carbonyl (C=O) groups excluding carboxylic acids is 3. The molecule has 0 aliphatic heterocycles. The summed E-state index contributed by atoms with van der Waals surface area (Å²) < 4.78 is 10.9. The lowest BCUT2D eigenvalue weighted by Crippen LogP contribution is -2.45. The van der Waals surface area contributed by atoms with Crippen LogP contribution < -0.4 is 15.8 Å². The van der Waals surface area contributed by atoms with Crippen LogP contribution in [0.2, 0.25) is 0 Å². The van der Waals surface area contributed by atoms with Crippen LogP contribution in [0, 0.1) is 4.91 Å². The number of nitrogens with one attached hydrogen (secondary N) is 1. The van der Waals surface area contributed by atoms with E-state index in [-0.39, 0.29) is 17.7 Å². The number of hydrogen-bond acceptors (Lipinski definition) is 8. The number of nitrogens with zero attached hydrogens (tertiary/aromatic N) is 1. The van der Waals surface area contributed by atoms with Gasteiger partial charge in [-0.25, -0.2) is 9.59 Å². The Hall–Kier alpha value is -4.53. The lowest BCUT2D eigenvalue weighted by Gasteiger charge is -2.25. The van der Waals surface area contributed by atoms with E-state index < -0.39 is 29.5 Å². The molecule has 3 N–H and O–H groups in total. The predicted octanol–water partition coefficient (Wildman–Crippen LogP) is 6.62. The van der Waals surface area contributed by atoms with E-state index in [1.54, 1.807) is 69.3 Å². The van der Waals surface area contributed by atoms with Gasteiger partial charge in [-0.2, -0.15) is 0 Å². The molecule has 3 rings (SSSR count). The maximum atomic E-state index is 12.8. The first kappa shape index (κ1) is 33.5. The molecular weight excluding hydrogens is 510 g/mol. The third-order valence-corrected chi connectivity index (χ3v) is 4.95. The topological polar surface area (TPSA) is 137 Å². The van der Waals surface area contributed by atoms with Gasteiger partial charge in [0.1, 0.15) is 23.1 Å². The number of hydrogen-bond donors (Lipinski definition) is 2. The highest BCUT2D eigenvalue weighted by Crippen LogP contribution is 2.19. The fourth-order valence-corrected chi connectivity index (χ4v) is 3.20. The van der Waals surface area contributed by atoms with Gasteiger partial charge in [-0.3, -0.25) is 4.79 Å². The van der Waals surface area contributed by atoms with E-state index in [0.29, 0.717) is 22.6 Å². The van der Waals surface area contributed by atoms with Crippen LogP contribution in [0.1, 0.15) is 74.7 Å². The molecule has 1 atom stereocenters. The van der Waals surface area contributed by atoms with Crippen molar-refractivity contribution in [2.24, 2.45) is 5.18 Å². The summed E-state index contributed by atoms with van der Waals surface area (Å²) in [5.41, 5.74) is 7.01. The highest BCUT2D eigenvalue weighted by atomic mass is 16.6. The predicted molar refractivity (Wildman–Crippen MR) is 158 cm³/mol. The van der Waals surface area contributed by atoms with Crippen LogP contribution in [-0.2, 0) is 16.0 Å². The minimum Gasteiger partial charge on any atom is -0.458 e. The van der Waals surface area contributed by atoms with Crippen LogP contribution in [0.4, 0.5) is 11.4 Å². The Balaban J connectivity index is 0.00000191. The van der Waals surface area contributed by atoms with Gasteiger partial charge in [0.25, 0.3) is 5.91 Å².